The molecular weight excluding hydrogens is 182 g/mol. The molecule has 1 aromatic heterocycles. The second kappa shape index (κ2) is 3.99. The Kier molecular flexibility index (Phi) is 2.95. The van der Waals surface area contributed by atoms with Gasteiger partial charge in [0.2, 0.25) is 0 Å². The summed E-state index contributed by atoms with van der Waals surface area (Å²) in [4.78, 5) is 0. The molecule has 0 saturated heterocycles. The van der Waals surface area contributed by atoms with Gasteiger partial charge in [-0.1, -0.05) is 5.16 Å². The van der Waals surface area contributed by atoms with Crippen LogP contribution >= 0.6 is 0 Å². The van der Waals surface area contributed by atoms with Crippen LogP contribution in [0.25, 0.3) is 0 Å². The highest BCUT2D eigenvalue weighted by Crippen LogP contribution is 2.07. The van der Waals surface area contributed by atoms with Crippen molar-refractivity contribution in [2.24, 2.45) is 17.9 Å². The first-order valence-corrected chi connectivity index (χ1v) is 4.29. The predicted molar refractivity (Wildman–Crippen MR) is 54.4 cm³/mol. The monoisotopic (exact) mass is 197 g/mol. The minimum absolute atomic E-state index is 0.133. The zero-order valence-electron chi connectivity index (χ0n) is 8.52. The predicted octanol–water partition coefficient (Wildman–Crippen LogP) is 0.275. The molecule has 0 saturated carbocycles. The lowest BCUT2D eigenvalue weighted by Crippen LogP contribution is -2.33. The number of nitrogens with zero attached hydrogens (tertiary/aromatic N) is 3. The van der Waals surface area contributed by atoms with Gasteiger partial charge in [-0.25, -0.2) is 0 Å². The van der Waals surface area contributed by atoms with Crippen LogP contribution in [0.3, 0.4) is 0 Å². The minimum atomic E-state index is -0.241. The molecule has 0 aromatic carbocycles. The Morgan fingerprint density at radius 3 is 2.86 bits per heavy atom. The lowest BCUT2D eigenvalue weighted by atomic mass is 10.3. The van der Waals surface area contributed by atoms with Gasteiger partial charge in [0.1, 0.15) is 5.82 Å². The van der Waals surface area contributed by atoms with Crippen LogP contribution in [0.15, 0.2) is 11.2 Å². The number of nitrogens with two attached hydrogens (primary N) is 1. The van der Waals surface area contributed by atoms with Gasteiger partial charge in [-0.05, 0) is 13.8 Å². The second-order valence-corrected chi connectivity index (χ2v) is 3.19. The molecule has 0 spiro atoms. The van der Waals surface area contributed by atoms with Crippen LogP contribution < -0.4 is 11.1 Å². The zero-order chi connectivity index (χ0) is 10.7. The van der Waals surface area contributed by atoms with Crippen LogP contribution in [0.4, 0.5) is 5.82 Å². The topological polar surface area (TPSA) is 88.5 Å². The maximum Gasteiger partial charge on any atom is 0.161 e. The Morgan fingerprint density at radius 1 is 1.79 bits per heavy atom. The number of aromatic nitrogens is 2. The standard InChI is InChI=1S/C8H15N5O/c1-5-4-7(11-13(5)3)10-6(2)8(9)12-14/h4,6,14H,1-3H3,(H2,9,12)(H,10,11). The number of nitrogens with one attached hydrogen (secondary N) is 1. The van der Waals surface area contributed by atoms with Crippen LogP contribution in [-0.4, -0.2) is 26.9 Å². The number of amidine groups is 1. The molecule has 1 rings (SSSR count). The van der Waals surface area contributed by atoms with Crippen molar-refractivity contribution in [3.63, 3.8) is 0 Å². The Bertz CT molecular complexity index is 324. The highest BCUT2D eigenvalue weighted by molar-refractivity contribution is 5.87. The van der Waals surface area contributed by atoms with Crippen LogP contribution in [-0.2, 0) is 7.05 Å². The Morgan fingerprint density at radius 2 is 2.43 bits per heavy atom. The smallest absolute Gasteiger partial charge is 0.161 e. The van der Waals surface area contributed by atoms with E-state index in [1.165, 1.54) is 0 Å². The Labute approximate surface area is 82.4 Å². The van der Waals surface area contributed by atoms with Crippen molar-refractivity contribution in [3.05, 3.63) is 11.8 Å². The molecule has 1 unspecified atom stereocenters. The second-order valence-electron chi connectivity index (χ2n) is 3.19. The number of hydrogen-bond donors (Lipinski definition) is 3. The fraction of sp³-hybridized carbons (Fsp3) is 0.500. The van der Waals surface area contributed by atoms with Gasteiger partial charge in [0.05, 0.1) is 6.04 Å². The quantitative estimate of drug-likeness (QED) is 0.281. The molecule has 78 valence electrons. The molecule has 0 aliphatic heterocycles. The van der Waals surface area contributed by atoms with Crippen LogP contribution in [0.5, 0.6) is 0 Å². The van der Waals surface area contributed by atoms with Crippen molar-refractivity contribution >= 4 is 11.7 Å². The molecule has 4 N–H and O–H groups in total. The van der Waals surface area contributed by atoms with E-state index in [-0.39, 0.29) is 11.9 Å². The van der Waals surface area contributed by atoms with E-state index in [0.717, 1.165) is 5.69 Å². The Hall–Kier alpha value is -1.72. The maximum absolute atomic E-state index is 8.44. The summed E-state index contributed by atoms with van der Waals surface area (Å²) in [5, 5.41) is 18.5. The third kappa shape index (κ3) is 2.15. The normalized spacial score (nSPS) is 14.1. The molecule has 0 fully saturated rings. The number of hydrogen-bond acceptors (Lipinski definition) is 4. The molecule has 6 nitrogen and oxygen atoms in total. The number of anilines is 1. The largest absolute Gasteiger partial charge is 0.409 e. The highest BCUT2D eigenvalue weighted by atomic mass is 16.4. The summed E-state index contributed by atoms with van der Waals surface area (Å²) < 4.78 is 1.75. The van der Waals surface area contributed by atoms with Gasteiger partial charge in [-0.3, -0.25) is 4.68 Å². The molecule has 0 aliphatic carbocycles. The first-order chi connectivity index (χ1) is 6.54. The summed E-state index contributed by atoms with van der Waals surface area (Å²) in [5.41, 5.74) is 6.45. The first-order valence-electron chi connectivity index (χ1n) is 4.29. The summed E-state index contributed by atoms with van der Waals surface area (Å²) >= 11 is 0. The lowest BCUT2D eigenvalue weighted by Gasteiger charge is -2.10. The van der Waals surface area contributed by atoms with E-state index in [0.29, 0.717) is 5.82 Å². The van der Waals surface area contributed by atoms with Crippen molar-refractivity contribution in [1.82, 2.24) is 9.78 Å². The summed E-state index contributed by atoms with van der Waals surface area (Å²) in [5.74, 6) is 0.845. The van der Waals surface area contributed by atoms with Gasteiger partial charge in [0, 0.05) is 18.8 Å². The van der Waals surface area contributed by atoms with Crippen molar-refractivity contribution in [2.75, 3.05) is 5.32 Å². The molecule has 1 heterocycles. The number of aryl methyl sites for hydroxylation is 2. The molecule has 0 radical (unpaired) electrons. The van der Waals surface area contributed by atoms with E-state index in [1.807, 2.05) is 20.0 Å². The van der Waals surface area contributed by atoms with E-state index in [9.17, 15) is 0 Å². The molecule has 0 aliphatic rings. The average Bonchev–Trinajstić information content (AvgIpc) is 2.44. The third-order valence-electron chi connectivity index (χ3n) is 2.04. The van der Waals surface area contributed by atoms with E-state index < -0.39 is 0 Å². The first kappa shape index (κ1) is 10.4. The van der Waals surface area contributed by atoms with Crippen LogP contribution in [0.1, 0.15) is 12.6 Å². The molecule has 1 aromatic rings. The fourth-order valence-electron chi connectivity index (χ4n) is 1.01. The molecule has 14 heavy (non-hydrogen) atoms. The van der Waals surface area contributed by atoms with E-state index in [4.69, 9.17) is 10.9 Å². The van der Waals surface area contributed by atoms with E-state index >= 15 is 0 Å². The number of oxime groups is 1. The minimum Gasteiger partial charge on any atom is -0.409 e. The van der Waals surface area contributed by atoms with Gasteiger partial charge in [-0.15, -0.1) is 0 Å². The van der Waals surface area contributed by atoms with Crippen LogP contribution in [0.2, 0.25) is 0 Å². The van der Waals surface area contributed by atoms with Crippen LogP contribution in [0, 0.1) is 6.92 Å². The van der Waals surface area contributed by atoms with Gasteiger partial charge in [-0.2, -0.15) is 5.10 Å². The number of rotatable bonds is 3. The van der Waals surface area contributed by atoms with Gasteiger partial charge in [0.15, 0.2) is 5.84 Å². The molecule has 6 heteroatoms. The Balaban J connectivity index is 2.69. The summed E-state index contributed by atoms with van der Waals surface area (Å²) in [6.45, 7) is 3.74. The van der Waals surface area contributed by atoms with Gasteiger partial charge < -0.3 is 16.3 Å². The average molecular weight is 197 g/mol. The fourth-order valence-corrected chi connectivity index (χ4v) is 1.01. The maximum atomic E-state index is 8.44. The third-order valence-corrected chi connectivity index (χ3v) is 2.04. The molecule has 0 bridgehead atoms. The summed E-state index contributed by atoms with van der Waals surface area (Å²) in [7, 11) is 1.86. The van der Waals surface area contributed by atoms with E-state index in [2.05, 4.69) is 15.6 Å². The molecule has 1 atom stereocenters. The van der Waals surface area contributed by atoms with Crippen molar-refractivity contribution in [3.8, 4) is 0 Å². The van der Waals surface area contributed by atoms with Gasteiger partial charge >= 0.3 is 0 Å². The van der Waals surface area contributed by atoms with E-state index in [1.54, 1.807) is 11.6 Å². The van der Waals surface area contributed by atoms with Gasteiger partial charge in [0.25, 0.3) is 0 Å². The molecular formula is C8H15N5O. The SMILES string of the molecule is Cc1cc(NC(C)/C(N)=N/O)nn1C. The van der Waals surface area contributed by atoms with Crippen molar-refractivity contribution < 1.29 is 5.21 Å². The molecule has 0 amide bonds. The van der Waals surface area contributed by atoms with Crippen molar-refractivity contribution in [2.45, 2.75) is 19.9 Å². The van der Waals surface area contributed by atoms with Crippen molar-refractivity contribution in [1.29, 1.82) is 0 Å². The summed E-state index contributed by atoms with van der Waals surface area (Å²) in [6, 6.07) is 1.65. The zero-order valence-corrected chi connectivity index (χ0v) is 8.52. The highest BCUT2D eigenvalue weighted by Gasteiger charge is 2.09. The summed E-state index contributed by atoms with van der Waals surface area (Å²) in [6.07, 6.45) is 0. The lowest BCUT2D eigenvalue weighted by molar-refractivity contribution is 0.316.